The Hall–Kier alpha value is -1.85. The number of nitrogens with two attached hydrogens (primary N) is 1. The smallest absolute Gasteiger partial charge is 0.326 e. The third-order valence-electron chi connectivity index (χ3n) is 4.03. The number of amides is 3. The second kappa shape index (κ2) is 11.0. The Morgan fingerprint density at radius 1 is 1.35 bits per heavy atom. The molecule has 0 spiro atoms. The van der Waals surface area contributed by atoms with Crippen LogP contribution in [0.5, 0.6) is 0 Å². The van der Waals surface area contributed by atoms with Gasteiger partial charge < -0.3 is 31.5 Å². The van der Waals surface area contributed by atoms with Crippen molar-refractivity contribution in [3.8, 4) is 0 Å². The molecule has 3 atom stereocenters. The SMILES string of the molecule is CSCCC(N)C(=O)NCC(=O)NC(CO)C(=O)N1CCCC1C(=O)O. The highest BCUT2D eigenvalue weighted by Crippen LogP contribution is 2.18. The van der Waals surface area contributed by atoms with E-state index in [1.54, 1.807) is 11.8 Å². The summed E-state index contributed by atoms with van der Waals surface area (Å²) in [7, 11) is 0. The minimum Gasteiger partial charge on any atom is -0.480 e. The predicted molar refractivity (Wildman–Crippen MR) is 95.4 cm³/mol. The van der Waals surface area contributed by atoms with Crippen molar-refractivity contribution in [3.63, 3.8) is 0 Å². The van der Waals surface area contributed by atoms with Crippen molar-refractivity contribution in [2.45, 2.75) is 37.4 Å². The molecule has 0 saturated carbocycles. The van der Waals surface area contributed by atoms with Gasteiger partial charge in [0.05, 0.1) is 19.2 Å². The lowest BCUT2D eigenvalue weighted by molar-refractivity contribution is -0.149. The van der Waals surface area contributed by atoms with Crippen LogP contribution in [0.1, 0.15) is 19.3 Å². The van der Waals surface area contributed by atoms with Crippen molar-refractivity contribution < 1.29 is 29.4 Å². The molecule has 3 amide bonds. The fourth-order valence-electron chi connectivity index (χ4n) is 2.59. The summed E-state index contributed by atoms with van der Waals surface area (Å²) in [6, 6.07) is -2.95. The van der Waals surface area contributed by atoms with Gasteiger partial charge in [-0.2, -0.15) is 11.8 Å². The maximum Gasteiger partial charge on any atom is 0.326 e. The standard InChI is InChI=1S/C15H26N4O6S/c1-26-6-4-9(16)13(22)17-7-12(21)18-10(8-20)14(23)19-5-2-3-11(19)15(24)25/h9-11,20H,2-8,16H2,1H3,(H,17,22)(H,18,21)(H,24,25). The molecular weight excluding hydrogens is 364 g/mol. The molecule has 26 heavy (non-hydrogen) atoms. The van der Waals surface area contributed by atoms with Gasteiger partial charge in [0.15, 0.2) is 0 Å². The largest absolute Gasteiger partial charge is 0.480 e. The first-order valence-corrected chi connectivity index (χ1v) is 9.67. The summed E-state index contributed by atoms with van der Waals surface area (Å²) in [5.41, 5.74) is 5.68. The average molecular weight is 390 g/mol. The number of aliphatic hydroxyl groups is 1. The molecule has 0 radical (unpaired) electrons. The molecule has 3 unspecified atom stereocenters. The van der Waals surface area contributed by atoms with E-state index in [1.165, 1.54) is 0 Å². The third-order valence-corrected chi connectivity index (χ3v) is 4.67. The van der Waals surface area contributed by atoms with Crippen LogP contribution in [0.15, 0.2) is 0 Å². The van der Waals surface area contributed by atoms with Crippen LogP contribution in [0.3, 0.4) is 0 Å². The number of hydrogen-bond donors (Lipinski definition) is 5. The van der Waals surface area contributed by atoms with Crippen LogP contribution in [0.25, 0.3) is 0 Å². The number of carbonyl (C=O) groups excluding carboxylic acids is 3. The molecular formula is C15H26N4O6S. The zero-order valence-electron chi connectivity index (χ0n) is 14.6. The van der Waals surface area contributed by atoms with Crippen LogP contribution in [-0.4, -0.2) is 88.6 Å². The highest BCUT2D eigenvalue weighted by atomic mass is 32.2. The van der Waals surface area contributed by atoms with E-state index in [1.807, 2.05) is 6.26 Å². The summed E-state index contributed by atoms with van der Waals surface area (Å²) >= 11 is 1.55. The van der Waals surface area contributed by atoms with Crippen LogP contribution in [0.2, 0.25) is 0 Å². The first-order valence-electron chi connectivity index (χ1n) is 8.27. The van der Waals surface area contributed by atoms with Gasteiger partial charge >= 0.3 is 5.97 Å². The summed E-state index contributed by atoms with van der Waals surface area (Å²) < 4.78 is 0. The van der Waals surface area contributed by atoms with Crippen molar-refractivity contribution in [1.82, 2.24) is 15.5 Å². The van der Waals surface area contributed by atoms with Crippen molar-refractivity contribution in [3.05, 3.63) is 0 Å². The number of carbonyl (C=O) groups is 4. The van der Waals surface area contributed by atoms with E-state index in [2.05, 4.69) is 10.6 Å². The maximum absolute atomic E-state index is 12.4. The van der Waals surface area contributed by atoms with Gasteiger partial charge in [0.1, 0.15) is 12.1 Å². The number of carboxylic acids is 1. The van der Waals surface area contributed by atoms with E-state index in [0.717, 1.165) is 4.90 Å². The molecule has 1 rings (SSSR count). The average Bonchev–Trinajstić information content (AvgIpc) is 3.11. The minimum atomic E-state index is -1.26. The molecule has 148 valence electrons. The number of aliphatic carboxylic acids is 1. The second-order valence-corrected chi connectivity index (χ2v) is 6.92. The van der Waals surface area contributed by atoms with Crippen molar-refractivity contribution >= 4 is 35.5 Å². The molecule has 0 aromatic heterocycles. The molecule has 1 heterocycles. The fourth-order valence-corrected chi connectivity index (χ4v) is 3.08. The van der Waals surface area contributed by atoms with Gasteiger partial charge in [-0.1, -0.05) is 0 Å². The van der Waals surface area contributed by atoms with Gasteiger partial charge in [-0.3, -0.25) is 14.4 Å². The third kappa shape index (κ3) is 6.46. The Morgan fingerprint density at radius 2 is 2.04 bits per heavy atom. The number of rotatable bonds is 10. The van der Waals surface area contributed by atoms with E-state index < -0.39 is 55.0 Å². The Morgan fingerprint density at radius 3 is 2.62 bits per heavy atom. The molecule has 0 aliphatic carbocycles. The normalized spacial score (nSPS) is 18.9. The number of thioether (sulfide) groups is 1. The van der Waals surface area contributed by atoms with E-state index >= 15 is 0 Å². The number of nitrogens with one attached hydrogen (secondary N) is 2. The topological polar surface area (TPSA) is 162 Å². The van der Waals surface area contributed by atoms with Crippen molar-refractivity contribution in [2.24, 2.45) is 5.73 Å². The Kier molecular flexibility index (Phi) is 9.38. The molecule has 1 saturated heterocycles. The first kappa shape index (κ1) is 22.2. The van der Waals surface area contributed by atoms with Gasteiger partial charge in [0.25, 0.3) is 0 Å². The lowest BCUT2D eigenvalue weighted by atomic mass is 10.2. The van der Waals surface area contributed by atoms with Gasteiger partial charge in [-0.05, 0) is 31.3 Å². The van der Waals surface area contributed by atoms with Crippen molar-refractivity contribution in [2.75, 3.05) is 31.7 Å². The Balaban J connectivity index is 2.51. The molecule has 11 heteroatoms. The summed E-state index contributed by atoms with van der Waals surface area (Å²) in [5.74, 6) is -2.22. The van der Waals surface area contributed by atoms with Crippen LogP contribution >= 0.6 is 11.8 Å². The molecule has 0 bridgehead atoms. The number of carboxylic acid groups (broad SMARTS) is 1. The highest BCUT2D eigenvalue weighted by molar-refractivity contribution is 7.98. The van der Waals surface area contributed by atoms with Crippen LogP contribution in [0, 0.1) is 0 Å². The monoisotopic (exact) mass is 390 g/mol. The van der Waals surface area contributed by atoms with Gasteiger partial charge in [0.2, 0.25) is 17.7 Å². The quantitative estimate of drug-likeness (QED) is 0.279. The van der Waals surface area contributed by atoms with Gasteiger partial charge in [0, 0.05) is 6.54 Å². The molecule has 0 aromatic rings. The van der Waals surface area contributed by atoms with E-state index in [-0.39, 0.29) is 6.54 Å². The second-order valence-electron chi connectivity index (χ2n) is 5.94. The molecule has 6 N–H and O–H groups in total. The van der Waals surface area contributed by atoms with Crippen LogP contribution < -0.4 is 16.4 Å². The maximum atomic E-state index is 12.4. The number of likely N-dealkylation sites (tertiary alicyclic amines) is 1. The van der Waals surface area contributed by atoms with Gasteiger partial charge in [-0.25, -0.2) is 4.79 Å². The predicted octanol–water partition coefficient (Wildman–Crippen LogP) is -2.26. The van der Waals surface area contributed by atoms with Crippen molar-refractivity contribution in [1.29, 1.82) is 0 Å². The van der Waals surface area contributed by atoms with Crippen LogP contribution in [-0.2, 0) is 19.2 Å². The lowest BCUT2D eigenvalue weighted by Crippen LogP contribution is -2.55. The fraction of sp³-hybridized carbons (Fsp3) is 0.733. The molecule has 10 nitrogen and oxygen atoms in total. The summed E-state index contributed by atoms with van der Waals surface area (Å²) in [6.45, 7) is -0.810. The zero-order valence-corrected chi connectivity index (χ0v) is 15.5. The first-order chi connectivity index (χ1) is 12.3. The summed E-state index contributed by atoms with van der Waals surface area (Å²) in [6.07, 6.45) is 3.23. The van der Waals surface area contributed by atoms with Crippen LogP contribution in [0.4, 0.5) is 0 Å². The summed E-state index contributed by atoms with van der Waals surface area (Å²) in [4.78, 5) is 48.3. The zero-order chi connectivity index (χ0) is 19.7. The number of aliphatic hydroxyl groups excluding tert-OH is 1. The lowest BCUT2D eigenvalue weighted by Gasteiger charge is -2.26. The van der Waals surface area contributed by atoms with Gasteiger partial charge in [-0.15, -0.1) is 0 Å². The Labute approximate surface area is 155 Å². The molecule has 1 aliphatic heterocycles. The number of nitrogens with zero attached hydrogens (tertiary/aromatic N) is 1. The highest BCUT2D eigenvalue weighted by Gasteiger charge is 2.37. The molecule has 0 aromatic carbocycles. The number of hydrogen-bond acceptors (Lipinski definition) is 7. The summed E-state index contributed by atoms with van der Waals surface area (Å²) in [5, 5.41) is 23.2. The van der Waals surface area contributed by atoms with E-state index in [9.17, 15) is 24.3 Å². The van der Waals surface area contributed by atoms with E-state index in [0.29, 0.717) is 25.0 Å². The molecule has 1 aliphatic rings. The minimum absolute atomic E-state index is 0.253. The molecule has 1 fully saturated rings. The van der Waals surface area contributed by atoms with E-state index in [4.69, 9.17) is 10.8 Å². The Bertz CT molecular complexity index is 532.